The maximum atomic E-state index is 5.61. The number of para-hydroxylation sites is 1. The van der Waals surface area contributed by atoms with Crippen LogP contribution in [0.1, 0.15) is 5.56 Å². The van der Waals surface area contributed by atoms with Gasteiger partial charge in [0.2, 0.25) is 18.6 Å². The molecule has 0 fully saturated rings. The van der Waals surface area contributed by atoms with E-state index in [1.807, 2.05) is 18.2 Å². The molecule has 3 rings (SSSR count). The van der Waals surface area contributed by atoms with Gasteiger partial charge in [-0.3, -0.25) is 0 Å². The maximum absolute atomic E-state index is 5.61. The summed E-state index contributed by atoms with van der Waals surface area (Å²) < 4.78 is 15.8. The van der Waals surface area contributed by atoms with Crippen molar-refractivity contribution in [3.8, 4) is 17.4 Å². The predicted molar refractivity (Wildman–Crippen MR) is 72.9 cm³/mol. The van der Waals surface area contributed by atoms with Gasteiger partial charge in [-0.05, 0) is 6.07 Å². The van der Waals surface area contributed by atoms with Crippen molar-refractivity contribution in [1.29, 1.82) is 0 Å². The highest BCUT2D eigenvalue weighted by Gasteiger charge is 2.16. The highest BCUT2D eigenvalue weighted by Crippen LogP contribution is 2.35. The number of anilines is 2. The highest BCUT2D eigenvalue weighted by molar-refractivity contribution is 5.50. The number of rotatable bonds is 4. The van der Waals surface area contributed by atoms with Crippen molar-refractivity contribution in [1.82, 2.24) is 9.97 Å². The zero-order valence-electron chi connectivity index (χ0n) is 10.9. The summed E-state index contributed by atoms with van der Waals surface area (Å²) in [5.74, 6) is 2.67. The number of nitrogen functional groups attached to an aromatic ring is 1. The molecule has 0 saturated heterocycles. The van der Waals surface area contributed by atoms with Gasteiger partial charge in [0.1, 0.15) is 5.82 Å². The number of hydrogen-bond acceptors (Lipinski definition) is 7. The van der Waals surface area contributed by atoms with Crippen LogP contribution >= 0.6 is 0 Å². The molecule has 0 unspecified atom stereocenters. The van der Waals surface area contributed by atoms with Crippen LogP contribution in [0.2, 0.25) is 0 Å². The van der Waals surface area contributed by atoms with Crippen LogP contribution in [0.3, 0.4) is 0 Å². The second-order valence-electron chi connectivity index (χ2n) is 4.16. The SMILES string of the molecule is COc1cc(NCc2cccc3c2OCO3)nc(N)n1. The third-order valence-corrected chi connectivity index (χ3v) is 2.87. The fourth-order valence-corrected chi connectivity index (χ4v) is 1.95. The first-order valence-corrected chi connectivity index (χ1v) is 6.06. The van der Waals surface area contributed by atoms with Gasteiger partial charge in [0, 0.05) is 18.2 Å². The number of fused-ring (bicyclic) bond motifs is 1. The van der Waals surface area contributed by atoms with Crippen molar-refractivity contribution < 1.29 is 14.2 Å². The van der Waals surface area contributed by atoms with Gasteiger partial charge in [0.05, 0.1) is 7.11 Å². The van der Waals surface area contributed by atoms with E-state index in [1.54, 1.807) is 6.07 Å². The second-order valence-corrected chi connectivity index (χ2v) is 4.16. The topological polar surface area (TPSA) is 91.5 Å². The molecular weight excluding hydrogens is 260 g/mol. The quantitative estimate of drug-likeness (QED) is 0.870. The van der Waals surface area contributed by atoms with E-state index in [0.717, 1.165) is 17.1 Å². The van der Waals surface area contributed by atoms with Gasteiger partial charge in [0.15, 0.2) is 11.5 Å². The fraction of sp³-hybridized carbons (Fsp3) is 0.231. The summed E-state index contributed by atoms with van der Waals surface area (Å²) in [5.41, 5.74) is 6.59. The van der Waals surface area contributed by atoms with E-state index in [0.29, 0.717) is 18.2 Å². The molecule has 0 amide bonds. The first-order chi connectivity index (χ1) is 9.76. The van der Waals surface area contributed by atoms with Gasteiger partial charge in [-0.1, -0.05) is 12.1 Å². The minimum absolute atomic E-state index is 0.157. The van der Waals surface area contributed by atoms with E-state index in [4.69, 9.17) is 19.9 Å². The average molecular weight is 274 g/mol. The van der Waals surface area contributed by atoms with Crippen LogP contribution in [-0.4, -0.2) is 23.9 Å². The Kier molecular flexibility index (Phi) is 3.16. The van der Waals surface area contributed by atoms with Crippen LogP contribution in [0.25, 0.3) is 0 Å². The standard InChI is InChI=1S/C13H14N4O3/c1-18-11-5-10(16-13(14)17-11)15-6-8-3-2-4-9-12(8)20-7-19-9/h2-5H,6-7H2,1H3,(H3,14,15,16,17). The Hall–Kier alpha value is -2.70. The monoisotopic (exact) mass is 274 g/mol. The van der Waals surface area contributed by atoms with Gasteiger partial charge in [-0.15, -0.1) is 0 Å². The minimum atomic E-state index is 0.157. The van der Waals surface area contributed by atoms with Crippen LogP contribution in [0, 0.1) is 0 Å². The van der Waals surface area contributed by atoms with Gasteiger partial charge < -0.3 is 25.3 Å². The van der Waals surface area contributed by atoms with Gasteiger partial charge >= 0.3 is 0 Å². The summed E-state index contributed by atoms with van der Waals surface area (Å²) in [6.07, 6.45) is 0. The number of nitrogens with two attached hydrogens (primary N) is 1. The Bertz CT molecular complexity index is 633. The maximum Gasteiger partial charge on any atom is 0.231 e. The van der Waals surface area contributed by atoms with Crippen molar-refractivity contribution in [3.63, 3.8) is 0 Å². The summed E-state index contributed by atoms with van der Waals surface area (Å²) in [4.78, 5) is 8.02. The van der Waals surface area contributed by atoms with Crippen molar-refractivity contribution in [2.24, 2.45) is 0 Å². The van der Waals surface area contributed by atoms with Crippen LogP contribution in [0.4, 0.5) is 11.8 Å². The first-order valence-electron chi connectivity index (χ1n) is 6.06. The molecule has 0 bridgehead atoms. The minimum Gasteiger partial charge on any atom is -0.481 e. The number of ether oxygens (including phenoxy) is 3. The molecular formula is C13H14N4O3. The average Bonchev–Trinajstić information content (AvgIpc) is 2.93. The third kappa shape index (κ3) is 2.37. The molecule has 2 heterocycles. The molecule has 20 heavy (non-hydrogen) atoms. The molecule has 104 valence electrons. The summed E-state index contributed by atoms with van der Waals surface area (Å²) >= 11 is 0. The van der Waals surface area contributed by atoms with E-state index in [1.165, 1.54) is 7.11 Å². The summed E-state index contributed by atoms with van der Waals surface area (Å²) in [7, 11) is 1.53. The van der Waals surface area contributed by atoms with Crippen molar-refractivity contribution >= 4 is 11.8 Å². The molecule has 7 nitrogen and oxygen atoms in total. The second kappa shape index (κ2) is 5.12. The molecule has 1 aliphatic heterocycles. The van der Waals surface area contributed by atoms with Crippen molar-refractivity contribution in [3.05, 3.63) is 29.8 Å². The lowest BCUT2D eigenvalue weighted by Gasteiger charge is -2.09. The number of nitrogens with zero attached hydrogens (tertiary/aromatic N) is 2. The number of hydrogen-bond donors (Lipinski definition) is 2. The zero-order valence-corrected chi connectivity index (χ0v) is 10.9. The highest BCUT2D eigenvalue weighted by atomic mass is 16.7. The zero-order chi connectivity index (χ0) is 13.9. The lowest BCUT2D eigenvalue weighted by molar-refractivity contribution is 0.173. The predicted octanol–water partition coefficient (Wildman–Crippen LogP) is 1.41. The van der Waals surface area contributed by atoms with Gasteiger partial charge in [-0.2, -0.15) is 9.97 Å². The fourth-order valence-electron chi connectivity index (χ4n) is 1.95. The molecule has 0 atom stereocenters. The number of methoxy groups -OCH3 is 1. The number of nitrogens with one attached hydrogen (secondary N) is 1. The Balaban J connectivity index is 1.77. The Morgan fingerprint density at radius 2 is 2.25 bits per heavy atom. The van der Waals surface area contributed by atoms with Crippen LogP contribution in [-0.2, 0) is 6.54 Å². The lowest BCUT2D eigenvalue weighted by Crippen LogP contribution is -2.06. The summed E-state index contributed by atoms with van der Waals surface area (Å²) in [6, 6.07) is 7.43. The Morgan fingerprint density at radius 3 is 3.10 bits per heavy atom. The Morgan fingerprint density at radius 1 is 1.35 bits per heavy atom. The first kappa shape index (κ1) is 12.3. The summed E-state index contributed by atoms with van der Waals surface area (Å²) in [6.45, 7) is 0.784. The van der Waals surface area contributed by atoms with Crippen molar-refractivity contribution in [2.75, 3.05) is 25.0 Å². The molecule has 7 heteroatoms. The van der Waals surface area contributed by atoms with Crippen molar-refractivity contribution in [2.45, 2.75) is 6.54 Å². The van der Waals surface area contributed by atoms with E-state index in [9.17, 15) is 0 Å². The molecule has 0 saturated carbocycles. The third-order valence-electron chi connectivity index (χ3n) is 2.87. The molecule has 3 N–H and O–H groups in total. The van der Waals surface area contributed by atoms with Gasteiger partial charge in [-0.25, -0.2) is 0 Å². The molecule has 1 aromatic carbocycles. The van der Waals surface area contributed by atoms with E-state index in [2.05, 4.69) is 15.3 Å². The number of aromatic nitrogens is 2. The van der Waals surface area contributed by atoms with E-state index < -0.39 is 0 Å². The van der Waals surface area contributed by atoms with E-state index in [-0.39, 0.29) is 12.7 Å². The van der Waals surface area contributed by atoms with Crippen LogP contribution in [0.15, 0.2) is 24.3 Å². The molecule has 2 aromatic rings. The smallest absolute Gasteiger partial charge is 0.231 e. The van der Waals surface area contributed by atoms with Crippen LogP contribution < -0.4 is 25.3 Å². The van der Waals surface area contributed by atoms with Gasteiger partial charge in [0.25, 0.3) is 0 Å². The largest absolute Gasteiger partial charge is 0.481 e. The van der Waals surface area contributed by atoms with Crippen LogP contribution in [0.5, 0.6) is 17.4 Å². The Labute approximate surface area is 115 Å². The molecule has 0 radical (unpaired) electrons. The molecule has 0 aliphatic carbocycles. The molecule has 0 spiro atoms. The number of benzene rings is 1. The molecule has 1 aliphatic rings. The normalized spacial score (nSPS) is 12.2. The van der Waals surface area contributed by atoms with E-state index >= 15 is 0 Å². The summed E-state index contributed by atoms with van der Waals surface area (Å²) in [5, 5.41) is 3.16. The molecule has 1 aromatic heterocycles. The lowest BCUT2D eigenvalue weighted by atomic mass is 10.2.